The third-order valence-corrected chi connectivity index (χ3v) is 3.75. The quantitative estimate of drug-likeness (QED) is 0.928. The number of aliphatic hydroxyl groups is 1. The number of nitrogens with zero attached hydrogens (tertiary/aromatic N) is 1. The second kappa shape index (κ2) is 6.34. The summed E-state index contributed by atoms with van der Waals surface area (Å²) >= 11 is 0. The van der Waals surface area contributed by atoms with Crippen molar-refractivity contribution >= 4 is 0 Å². The highest BCUT2D eigenvalue weighted by atomic mass is 19.4. The molecule has 1 saturated heterocycles. The predicted octanol–water partition coefficient (Wildman–Crippen LogP) is 2.68. The third-order valence-electron chi connectivity index (χ3n) is 3.75. The Morgan fingerprint density at radius 1 is 1.24 bits per heavy atom. The normalized spacial score (nSPS) is 19.0. The van der Waals surface area contributed by atoms with E-state index in [2.05, 4.69) is 0 Å². The summed E-state index contributed by atoms with van der Waals surface area (Å²) in [5.41, 5.74) is -1.26. The number of hydrogen-bond acceptors (Lipinski definition) is 3. The van der Waals surface area contributed by atoms with Crippen molar-refractivity contribution in [3.8, 4) is 0 Å². The molecule has 0 radical (unpaired) electrons. The van der Waals surface area contributed by atoms with Gasteiger partial charge in [0.15, 0.2) is 0 Å². The lowest BCUT2D eigenvalue weighted by Gasteiger charge is -2.35. The molecule has 1 fully saturated rings. The van der Waals surface area contributed by atoms with Gasteiger partial charge in [0.05, 0.1) is 11.2 Å². The average molecular weight is 303 g/mol. The van der Waals surface area contributed by atoms with E-state index in [4.69, 9.17) is 4.74 Å². The Morgan fingerprint density at radius 3 is 2.48 bits per heavy atom. The molecule has 0 amide bonds. The van der Waals surface area contributed by atoms with Crippen molar-refractivity contribution in [2.45, 2.75) is 31.2 Å². The number of halogens is 3. The van der Waals surface area contributed by atoms with E-state index >= 15 is 0 Å². The molecular formula is C15H20F3NO2. The lowest BCUT2D eigenvalue weighted by molar-refractivity contribution is -0.138. The van der Waals surface area contributed by atoms with Gasteiger partial charge in [-0.25, -0.2) is 0 Å². The van der Waals surface area contributed by atoms with Crippen molar-refractivity contribution in [3.63, 3.8) is 0 Å². The van der Waals surface area contributed by atoms with E-state index in [0.29, 0.717) is 32.6 Å². The van der Waals surface area contributed by atoms with Crippen molar-refractivity contribution in [2.24, 2.45) is 0 Å². The molecule has 1 aliphatic rings. The van der Waals surface area contributed by atoms with Gasteiger partial charge < -0.3 is 9.84 Å². The van der Waals surface area contributed by atoms with Gasteiger partial charge in [0, 0.05) is 39.1 Å². The largest absolute Gasteiger partial charge is 0.416 e. The van der Waals surface area contributed by atoms with E-state index in [-0.39, 0.29) is 12.1 Å². The maximum Gasteiger partial charge on any atom is 0.416 e. The lowest BCUT2D eigenvalue weighted by Crippen LogP contribution is -2.45. The molecule has 0 bridgehead atoms. The van der Waals surface area contributed by atoms with Gasteiger partial charge >= 0.3 is 6.18 Å². The van der Waals surface area contributed by atoms with Crippen molar-refractivity contribution in [1.29, 1.82) is 0 Å². The zero-order valence-electron chi connectivity index (χ0n) is 12.0. The average Bonchev–Trinajstić information content (AvgIpc) is 2.38. The number of hydrogen-bond donors (Lipinski definition) is 1. The Labute approximate surface area is 122 Å². The van der Waals surface area contributed by atoms with Gasteiger partial charge in [0.25, 0.3) is 0 Å². The number of likely N-dealkylation sites (N-methyl/N-ethyl adjacent to an activating group) is 1. The summed E-state index contributed by atoms with van der Waals surface area (Å²) in [6.07, 6.45) is -3.33. The van der Waals surface area contributed by atoms with Crippen molar-refractivity contribution in [3.05, 3.63) is 35.4 Å². The number of alkyl halides is 3. The van der Waals surface area contributed by atoms with Crippen LogP contribution in [0.25, 0.3) is 0 Å². The van der Waals surface area contributed by atoms with E-state index in [9.17, 15) is 18.3 Å². The summed E-state index contributed by atoms with van der Waals surface area (Å²) < 4.78 is 44.0. The van der Waals surface area contributed by atoms with E-state index in [1.807, 2.05) is 0 Å². The topological polar surface area (TPSA) is 32.7 Å². The molecule has 1 N–H and O–H groups in total. The van der Waals surface area contributed by atoms with E-state index < -0.39 is 17.3 Å². The van der Waals surface area contributed by atoms with Crippen LogP contribution in [0.15, 0.2) is 24.3 Å². The highest BCUT2D eigenvalue weighted by molar-refractivity contribution is 5.29. The molecule has 3 nitrogen and oxygen atoms in total. The molecule has 0 unspecified atom stereocenters. The van der Waals surface area contributed by atoms with Crippen LogP contribution in [0.2, 0.25) is 0 Å². The maximum atomic E-state index is 12.9. The molecule has 1 aromatic carbocycles. The standard InChI is InChI=1S/C15H20F3NO2/c1-19(11-14(20)6-8-21-9-7-14)10-12-4-2-3-5-13(12)15(16,17)18/h2-5,20H,6-11H2,1H3. The first-order valence-corrected chi connectivity index (χ1v) is 6.94. The van der Waals surface area contributed by atoms with Crippen LogP contribution in [0, 0.1) is 0 Å². The molecule has 0 aromatic heterocycles. The lowest BCUT2D eigenvalue weighted by atomic mass is 9.93. The summed E-state index contributed by atoms with van der Waals surface area (Å²) in [6.45, 7) is 1.47. The fourth-order valence-corrected chi connectivity index (χ4v) is 2.69. The number of benzene rings is 1. The van der Waals surface area contributed by atoms with Gasteiger partial charge in [-0.15, -0.1) is 0 Å². The molecule has 21 heavy (non-hydrogen) atoms. The van der Waals surface area contributed by atoms with Crippen LogP contribution < -0.4 is 0 Å². The van der Waals surface area contributed by atoms with Crippen molar-refractivity contribution in [1.82, 2.24) is 4.90 Å². The predicted molar refractivity (Wildman–Crippen MR) is 72.8 cm³/mol. The molecule has 1 aliphatic heterocycles. The first-order valence-electron chi connectivity index (χ1n) is 6.94. The Hall–Kier alpha value is -1.11. The molecule has 0 saturated carbocycles. The van der Waals surface area contributed by atoms with Crippen LogP contribution in [0.5, 0.6) is 0 Å². The van der Waals surface area contributed by atoms with Crippen LogP contribution in [-0.4, -0.2) is 42.4 Å². The summed E-state index contributed by atoms with van der Waals surface area (Å²) in [7, 11) is 1.72. The van der Waals surface area contributed by atoms with Crippen LogP contribution >= 0.6 is 0 Å². The van der Waals surface area contributed by atoms with Gasteiger partial charge in [-0.1, -0.05) is 18.2 Å². The second-order valence-electron chi connectivity index (χ2n) is 5.66. The van der Waals surface area contributed by atoms with Gasteiger partial charge in [0.2, 0.25) is 0 Å². The fourth-order valence-electron chi connectivity index (χ4n) is 2.69. The Balaban J connectivity index is 2.04. The third kappa shape index (κ3) is 4.43. The van der Waals surface area contributed by atoms with Crippen LogP contribution in [0.3, 0.4) is 0 Å². The minimum absolute atomic E-state index is 0.152. The first-order chi connectivity index (χ1) is 9.80. The van der Waals surface area contributed by atoms with Gasteiger partial charge in [-0.05, 0) is 18.7 Å². The molecular weight excluding hydrogens is 283 g/mol. The van der Waals surface area contributed by atoms with E-state index in [1.54, 1.807) is 18.0 Å². The van der Waals surface area contributed by atoms with Crippen molar-refractivity contribution < 1.29 is 23.0 Å². The Kier molecular flexibility index (Phi) is 4.91. The molecule has 6 heteroatoms. The molecule has 1 aromatic rings. The number of ether oxygens (including phenoxy) is 1. The second-order valence-corrected chi connectivity index (χ2v) is 5.66. The summed E-state index contributed by atoms with van der Waals surface area (Å²) in [5, 5.41) is 10.4. The highest BCUT2D eigenvalue weighted by Gasteiger charge is 2.34. The minimum Gasteiger partial charge on any atom is -0.388 e. The first kappa shape index (κ1) is 16.3. The van der Waals surface area contributed by atoms with E-state index in [1.165, 1.54) is 12.1 Å². The summed E-state index contributed by atoms with van der Waals surface area (Å²) in [5.74, 6) is 0. The van der Waals surface area contributed by atoms with E-state index in [0.717, 1.165) is 6.07 Å². The smallest absolute Gasteiger partial charge is 0.388 e. The Morgan fingerprint density at radius 2 is 1.86 bits per heavy atom. The molecule has 0 aliphatic carbocycles. The monoisotopic (exact) mass is 303 g/mol. The maximum absolute atomic E-state index is 12.9. The summed E-state index contributed by atoms with van der Waals surface area (Å²) in [6, 6.07) is 5.56. The SMILES string of the molecule is CN(Cc1ccccc1C(F)(F)F)CC1(O)CCOCC1. The van der Waals surface area contributed by atoms with Gasteiger partial charge in [-0.2, -0.15) is 13.2 Å². The van der Waals surface area contributed by atoms with Crippen LogP contribution in [-0.2, 0) is 17.5 Å². The van der Waals surface area contributed by atoms with Crippen LogP contribution in [0.1, 0.15) is 24.0 Å². The number of rotatable bonds is 4. The zero-order chi connectivity index (χ0) is 15.5. The fraction of sp³-hybridized carbons (Fsp3) is 0.600. The summed E-state index contributed by atoms with van der Waals surface area (Å²) in [4.78, 5) is 1.73. The van der Waals surface area contributed by atoms with Gasteiger partial charge in [0.1, 0.15) is 0 Å². The van der Waals surface area contributed by atoms with Crippen LogP contribution in [0.4, 0.5) is 13.2 Å². The minimum atomic E-state index is -4.35. The molecule has 1 heterocycles. The molecule has 2 rings (SSSR count). The Bertz CT molecular complexity index is 470. The molecule has 0 spiro atoms. The van der Waals surface area contributed by atoms with Gasteiger partial charge in [-0.3, -0.25) is 4.90 Å². The zero-order valence-corrected chi connectivity index (χ0v) is 12.0. The highest BCUT2D eigenvalue weighted by Crippen LogP contribution is 2.32. The molecule has 0 atom stereocenters. The van der Waals surface area contributed by atoms with Crippen molar-refractivity contribution in [2.75, 3.05) is 26.8 Å². The molecule has 118 valence electrons.